The fourth-order valence-corrected chi connectivity index (χ4v) is 3.90. The van der Waals surface area contributed by atoms with Gasteiger partial charge in [0.1, 0.15) is 24.7 Å². The van der Waals surface area contributed by atoms with E-state index in [9.17, 15) is 10.2 Å². The highest BCUT2D eigenvalue weighted by atomic mass is 16.5. The van der Waals surface area contributed by atoms with Gasteiger partial charge in [-0.1, -0.05) is 37.1 Å². The summed E-state index contributed by atoms with van der Waals surface area (Å²) in [5.41, 5.74) is 2.65. The Balaban J connectivity index is 1.79. The second-order valence-electron chi connectivity index (χ2n) is 7.66. The summed E-state index contributed by atoms with van der Waals surface area (Å²) < 4.78 is 11.2. The van der Waals surface area contributed by atoms with Gasteiger partial charge in [-0.25, -0.2) is 0 Å². The zero-order valence-corrected chi connectivity index (χ0v) is 16.2. The Morgan fingerprint density at radius 1 is 0.741 bits per heavy atom. The molecule has 0 radical (unpaired) electrons. The van der Waals surface area contributed by atoms with Crippen LogP contribution in [-0.2, 0) is 5.41 Å². The van der Waals surface area contributed by atoms with E-state index in [1.54, 1.807) is 13.8 Å². The van der Waals surface area contributed by atoms with Crippen molar-refractivity contribution in [1.82, 2.24) is 0 Å². The fraction of sp³-hybridized carbons (Fsp3) is 0.478. The van der Waals surface area contributed by atoms with Gasteiger partial charge in [0.25, 0.3) is 0 Å². The molecule has 0 amide bonds. The van der Waals surface area contributed by atoms with E-state index in [2.05, 4.69) is 24.3 Å². The lowest BCUT2D eigenvalue weighted by molar-refractivity contribution is 0.122. The molecule has 27 heavy (non-hydrogen) atoms. The van der Waals surface area contributed by atoms with Crippen molar-refractivity contribution in [1.29, 1.82) is 0 Å². The van der Waals surface area contributed by atoms with Crippen LogP contribution < -0.4 is 9.47 Å². The van der Waals surface area contributed by atoms with Crippen molar-refractivity contribution in [3.05, 3.63) is 59.7 Å². The molecule has 4 nitrogen and oxygen atoms in total. The van der Waals surface area contributed by atoms with Crippen LogP contribution in [0.3, 0.4) is 0 Å². The average Bonchev–Trinajstić information content (AvgIpc) is 3.16. The lowest BCUT2D eigenvalue weighted by Crippen LogP contribution is -2.23. The van der Waals surface area contributed by atoms with Gasteiger partial charge in [0.05, 0.1) is 12.2 Å². The summed E-state index contributed by atoms with van der Waals surface area (Å²) in [6.45, 7) is 4.05. The number of ether oxygens (including phenoxy) is 2. The SMILES string of the molecule is CC(O)COc1ccc(C2(c3ccc(OCC(C)O)cc3)CCCC2)cc1. The number of aliphatic hydroxyl groups excluding tert-OH is 2. The van der Waals surface area contributed by atoms with Crippen LogP contribution in [0.15, 0.2) is 48.5 Å². The molecule has 146 valence electrons. The predicted molar refractivity (Wildman–Crippen MR) is 106 cm³/mol. The van der Waals surface area contributed by atoms with E-state index >= 15 is 0 Å². The Hall–Kier alpha value is -2.04. The Morgan fingerprint density at radius 3 is 1.44 bits per heavy atom. The second-order valence-corrected chi connectivity index (χ2v) is 7.66. The normalized spacial score (nSPS) is 18.1. The van der Waals surface area contributed by atoms with E-state index < -0.39 is 12.2 Å². The highest BCUT2D eigenvalue weighted by Crippen LogP contribution is 2.47. The van der Waals surface area contributed by atoms with Gasteiger partial charge in [-0.15, -0.1) is 0 Å². The van der Waals surface area contributed by atoms with Crippen molar-refractivity contribution in [3.63, 3.8) is 0 Å². The molecule has 1 aliphatic carbocycles. The molecule has 2 unspecified atom stereocenters. The minimum atomic E-state index is -0.472. The Kier molecular flexibility index (Phi) is 6.40. The van der Waals surface area contributed by atoms with Crippen LogP contribution in [0.4, 0.5) is 0 Å². The summed E-state index contributed by atoms with van der Waals surface area (Å²) in [5.74, 6) is 1.57. The number of hydrogen-bond donors (Lipinski definition) is 2. The molecular formula is C23H30O4. The zero-order chi connectivity index (χ0) is 19.3. The van der Waals surface area contributed by atoms with Crippen molar-refractivity contribution >= 4 is 0 Å². The van der Waals surface area contributed by atoms with E-state index in [-0.39, 0.29) is 5.41 Å². The van der Waals surface area contributed by atoms with Crippen LogP contribution in [0.5, 0.6) is 11.5 Å². The predicted octanol–water partition coefficient (Wildman–Crippen LogP) is 4.07. The number of benzene rings is 2. The first-order valence-corrected chi connectivity index (χ1v) is 9.82. The highest BCUT2D eigenvalue weighted by Gasteiger charge is 2.37. The molecule has 1 saturated carbocycles. The van der Waals surface area contributed by atoms with Crippen molar-refractivity contribution in [2.75, 3.05) is 13.2 Å². The van der Waals surface area contributed by atoms with Crippen LogP contribution in [0.25, 0.3) is 0 Å². The maximum atomic E-state index is 9.37. The minimum absolute atomic E-state index is 0.0333. The van der Waals surface area contributed by atoms with E-state index in [4.69, 9.17) is 9.47 Å². The largest absolute Gasteiger partial charge is 0.491 e. The summed E-state index contributed by atoms with van der Waals surface area (Å²) in [7, 11) is 0. The van der Waals surface area contributed by atoms with Gasteiger partial charge in [0, 0.05) is 5.41 Å². The van der Waals surface area contributed by atoms with Gasteiger partial charge in [-0.05, 0) is 62.1 Å². The quantitative estimate of drug-likeness (QED) is 0.735. The third-order valence-electron chi connectivity index (χ3n) is 5.25. The van der Waals surface area contributed by atoms with Crippen LogP contribution in [0, 0.1) is 0 Å². The average molecular weight is 370 g/mol. The Bertz CT molecular complexity index is 641. The topological polar surface area (TPSA) is 58.9 Å². The van der Waals surface area contributed by atoms with Gasteiger partial charge in [-0.3, -0.25) is 0 Å². The maximum absolute atomic E-state index is 9.37. The van der Waals surface area contributed by atoms with Crippen molar-refractivity contribution in [2.45, 2.75) is 57.2 Å². The summed E-state index contributed by atoms with van der Waals surface area (Å²) >= 11 is 0. The fourth-order valence-electron chi connectivity index (χ4n) is 3.90. The molecule has 2 aromatic rings. The van der Waals surface area contributed by atoms with Crippen LogP contribution in [0.2, 0.25) is 0 Å². The minimum Gasteiger partial charge on any atom is -0.491 e. The molecule has 0 spiro atoms. The molecular weight excluding hydrogens is 340 g/mol. The number of aliphatic hydroxyl groups is 2. The molecule has 0 aliphatic heterocycles. The summed E-state index contributed by atoms with van der Waals surface area (Å²) in [6.07, 6.45) is 3.77. The van der Waals surface area contributed by atoms with Gasteiger partial charge in [-0.2, -0.15) is 0 Å². The van der Waals surface area contributed by atoms with Crippen LogP contribution in [0.1, 0.15) is 50.7 Å². The van der Waals surface area contributed by atoms with Gasteiger partial charge < -0.3 is 19.7 Å². The lowest BCUT2D eigenvalue weighted by Gasteiger charge is -2.31. The third-order valence-corrected chi connectivity index (χ3v) is 5.25. The van der Waals surface area contributed by atoms with Crippen molar-refractivity contribution in [3.8, 4) is 11.5 Å². The van der Waals surface area contributed by atoms with Crippen LogP contribution >= 0.6 is 0 Å². The lowest BCUT2D eigenvalue weighted by atomic mass is 9.73. The first-order chi connectivity index (χ1) is 13.0. The monoisotopic (exact) mass is 370 g/mol. The molecule has 1 fully saturated rings. The summed E-state index contributed by atoms with van der Waals surface area (Å²) in [6, 6.07) is 16.6. The molecule has 2 atom stereocenters. The van der Waals surface area contributed by atoms with Crippen molar-refractivity contribution in [2.24, 2.45) is 0 Å². The van der Waals surface area contributed by atoms with E-state index in [0.29, 0.717) is 13.2 Å². The van der Waals surface area contributed by atoms with Crippen LogP contribution in [-0.4, -0.2) is 35.6 Å². The Labute approximate surface area is 161 Å². The first-order valence-electron chi connectivity index (χ1n) is 9.82. The molecule has 0 saturated heterocycles. The molecule has 1 aliphatic rings. The maximum Gasteiger partial charge on any atom is 0.119 e. The second kappa shape index (κ2) is 8.77. The zero-order valence-electron chi connectivity index (χ0n) is 16.2. The van der Waals surface area contributed by atoms with E-state index in [0.717, 1.165) is 24.3 Å². The molecule has 0 bridgehead atoms. The van der Waals surface area contributed by atoms with E-state index in [1.807, 2.05) is 24.3 Å². The summed E-state index contributed by atoms with van der Waals surface area (Å²) in [4.78, 5) is 0. The molecule has 0 heterocycles. The number of hydrogen-bond acceptors (Lipinski definition) is 4. The molecule has 2 aromatic carbocycles. The standard InChI is InChI=1S/C23H30O4/c1-17(24)15-26-21-9-5-19(6-10-21)23(13-3-4-14-23)20-7-11-22(12-8-20)27-16-18(2)25/h5-12,17-18,24-25H,3-4,13-16H2,1-2H3. The molecule has 4 heteroatoms. The van der Waals surface area contributed by atoms with Gasteiger partial charge in [0.15, 0.2) is 0 Å². The van der Waals surface area contributed by atoms with Crippen molar-refractivity contribution < 1.29 is 19.7 Å². The molecule has 3 rings (SSSR count). The van der Waals surface area contributed by atoms with Gasteiger partial charge in [0.2, 0.25) is 0 Å². The summed E-state index contributed by atoms with van der Waals surface area (Å²) in [5, 5.41) is 18.7. The van der Waals surface area contributed by atoms with Gasteiger partial charge >= 0.3 is 0 Å². The van der Waals surface area contributed by atoms with E-state index in [1.165, 1.54) is 24.0 Å². The number of rotatable bonds is 8. The first kappa shape index (κ1) is 19.7. The molecule has 2 N–H and O–H groups in total. The smallest absolute Gasteiger partial charge is 0.119 e. The molecule has 0 aromatic heterocycles. The Morgan fingerprint density at radius 2 is 1.11 bits per heavy atom. The highest BCUT2D eigenvalue weighted by molar-refractivity contribution is 5.44. The third kappa shape index (κ3) is 4.82.